The summed E-state index contributed by atoms with van der Waals surface area (Å²) in [5, 5.41) is 4.20. The van der Waals surface area contributed by atoms with Crippen molar-refractivity contribution in [2.24, 2.45) is 0 Å². The normalized spacial score (nSPS) is 16.8. The van der Waals surface area contributed by atoms with Crippen molar-refractivity contribution in [1.29, 1.82) is 0 Å². The average molecular weight is 225 g/mol. The minimum atomic E-state index is 0.139. The number of carbonyl (C=O) groups excluding carboxylic acids is 1. The first kappa shape index (κ1) is 10.6. The maximum Gasteiger partial charge on any atom is 0.265 e. The zero-order valence-electron chi connectivity index (χ0n) is 9.04. The van der Waals surface area contributed by atoms with Gasteiger partial charge in [0.15, 0.2) is 0 Å². The molecule has 0 saturated carbocycles. The van der Waals surface area contributed by atoms with Gasteiger partial charge in [-0.05, 0) is 13.8 Å². The van der Waals surface area contributed by atoms with Crippen LogP contribution in [0.15, 0.2) is 0 Å². The number of thiazole rings is 1. The van der Waals surface area contributed by atoms with Crippen LogP contribution in [-0.2, 0) is 0 Å². The summed E-state index contributed by atoms with van der Waals surface area (Å²) in [4.78, 5) is 19.1. The molecule has 0 bridgehead atoms. The molecule has 0 unspecified atom stereocenters. The van der Waals surface area contributed by atoms with Crippen molar-refractivity contribution in [3.63, 3.8) is 0 Å². The molecule has 1 aliphatic heterocycles. The molecule has 5 heteroatoms. The van der Waals surface area contributed by atoms with E-state index in [0.717, 1.165) is 41.8 Å². The maximum atomic E-state index is 12.1. The predicted octanol–water partition coefficient (Wildman–Crippen LogP) is 0.805. The molecule has 1 aliphatic rings. The molecule has 0 spiro atoms. The Bertz CT molecular complexity index is 369. The van der Waals surface area contributed by atoms with E-state index in [1.807, 2.05) is 18.7 Å². The molecule has 0 atom stereocenters. The molecular formula is C10H15N3OS. The Labute approximate surface area is 93.3 Å². The maximum absolute atomic E-state index is 12.1. The number of nitrogens with zero attached hydrogens (tertiary/aromatic N) is 2. The van der Waals surface area contributed by atoms with E-state index in [9.17, 15) is 4.79 Å². The number of hydrogen-bond acceptors (Lipinski definition) is 4. The first-order valence-corrected chi connectivity index (χ1v) is 5.94. The summed E-state index contributed by atoms with van der Waals surface area (Å²) in [5.41, 5.74) is 0.862. The Morgan fingerprint density at radius 1 is 1.40 bits per heavy atom. The summed E-state index contributed by atoms with van der Waals surface area (Å²) >= 11 is 1.49. The lowest BCUT2D eigenvalue weighted by atomic mass is 10.3. The summed E-state index contributed by atoms with van der Waals surface area (Å²) < 4.78 is 0. The van der Waals surface area contributed by atoms with Gasteiger partial charge in [-0.15, -0.1) is 11.3 Å². The molecule has 0 aromatic carbocycles. The molecule has 2 heterocycles. The fraction of sp³-hybridized carbons (Fsp3) is 0.600. The zero-order valence-corrected chi connectivity index (χ0v) is 9.86. The molecule has 1 aromatic rings. The van der Waals surface area contributed by atoms with Crippen LogP contribution >= 0.6 is 11.3 Å². The van der Waals surface area contributed by atoms with Crippen molar-refractivity contribution in [2.75, 3.05) is 26.2 Å². The van der Waals surface area contributed by atoms with Gasteiger partial charge in [0.25, 0.3) is 5.91 Å². The van der Waals surface area contributed by atoms with Crippen molar-refractivity contribution < 1.29 is 4.79 Å². The number of aryl methyl sites for hydroxylation is 2. The van der Waals surface area contributed by atoms with Gasteiger partial charge in [-0.25, -0.2) is 4.98 Å². The molecule has 82 valence electrons. The highest BCUT2D eigenvalue weighted by molar-refractivity contribution is 7.13. The average Bonchev–Trinajstić information content (AvgIpc) is 2.58. The van der Waals surface area contributed by atoms with Gasteiger partial charge in [0, 0.05) is 26.2 Å². The van der Waals surface area contributed by atoms with Crippen molar-refractivity contribution in [3.8, 4) is 0 Å². The molecular weight excluding hydrogens is 210 g/mol. The summed E-state index contributed by atoms with van der Waals surface area (Å²) in [6.07, 6.45) is 0. The topological polar surface area (TPSA) is 45.2 Å². The van der Waals surface area contributed by atoms with Crippen LogP contribution in [0.25, 0.3) is 0 Å². The fourth-order valence-corrected chi connectivity index (χ4v) is 2.63. The number of carbonyl (C=O) groups is 1. The highest BCUT2D eigenvalue weighted by atomic mass is 32.1. The Balaban J connectivity index is 2.16. The standard InChI is InChI=1S/C10H15N3OS/c1-7-9(15-8(2)12-7)10(14)13-5-3-11-4-6-13/h11H,3-6H2,1-2H3. The highest BCUT2D eigenvalue weighted by Crippen LogP contribution is 2.19. The Morgan fingerprint density at radius 3 is 2.60 bits per heavy atom. The van der Waals surface area contributed by atoms with Crippen LogP contribution in [-0.4, -0.2) is 42.0 Å². The summed E-state index contributed by atoms with van der Waals surface area (Å²) in [6, 6.07) is 0. The van der Waals surface area contributed by atoms with Crippen LogP contribution in [0.3, 0.4) is 0 Å². The second-order valence-corrected chi connectivity index (χ2v) is 4.89. The summed E-state index contributed by atoms with van der Waals surface area (Å²) in [5.74, 6) is 0.139. The molecule has 0 radical (unpaired) electrons. The van der Waals surface area contributed by atoms with Gasteiger partial charge in [-0.1, -0.05) is 0 Å². The molecule has 1 N–H and O–H groups in total. The predicted molar refractivity (Wildman–Crippen MR) is 60.4 cm³/mol. The third-order valence-corrected chi connectivity index (χ3v) is 3.56. The number of aromatic nitrogens is 1. The van der Waals surface area contributed by atoms with E-state index in [4.69, 9.17) is 0 Å². The molecule has 2 rings (SSSR count). The minimum absolute atomic E-state index is 0.139. The first-order valence-electron chi connectivity index (χ1n) is 5.12. The van der Waals surface area contributed by atoms with Gasteiger partial charge >= 0.3 is 0 Å². The number of amides is 1. The third kappa shape index (κ3) is 2.18. The lowest BCUT2D eigenvalue weighted by Crippen LogP contribution is -2.46. The molecule has 4 nitrogen and oxygen atoms in total. The van der Waals surface area contributed by atoms with E-state index in [0.29, 0.717) is 0 Å². The lowest BCUT2D eigenvalue weighted by Gasteiger charge is -2.26. The van der Waals surface area contributed by atoms with E-state index < -0.39 is 0 Å². The van der Waals surface area contributed by atoms with Gasteiger partial charge in [0.2, 0.25) is 0 Å². The lowest BCUT2D eigenvalue weighted by molar-refractivity contribution is 0.0740. The van der Waals surface area contributed by atoms with E-state index in [1.54, 1.807) is 0 Å². The largest absolute Gasteiger partial charge is 0.335 e. The van der Waals surface area contributed by atoms with Crippen LogP contribution in [0.5, 0.6) is 0 Å². The van der Waals surface area contributed by atoms with Crippen LogP contribution in [0, 0.1) is 13.8 Å². The van der Waals surface area contributed by atoms with Gasteiger partial charge in [0.05, 0.1) is 10.7 Å². The van der Waals surface area contributed by atoms with Gasteiger partial charge in [-0.2, -0.15) is 0 Å². The van der Waals surface area contributed by atoms with Gasteiger partial charge in [0.1, 0.15) is 4.88 Å². The van der Waals surface area contributed by atoms with Crippen molar-refractivity contribution in [3.05, 3.63) is 15.6 Å². The number of nitrogens with one attached hydrogen (secondary N) is 1. The molecule has 0 aliphatic carbocycles. The highest BCUT2D eigenvalue weighted by Gasteiger charge is 2.21. The van der Waals surface area contributed by atoms with Crippen LogP contribution < -0.4 is 5.32 Å². The van der Waals surface area contributed by atoms with Crippen LogP contribution in [0.1, 0.15) is 20.4 Å². The second kappa shape index (κ2) is 4.28. The van der Waals surface area contributed by atoms with Gasteiger partial charge in [-0.3, -0.25) is 4.79 Å². The summed E-state index contributed by atoms with van der Waals surface area (Å²) in [7, 11) is 0. The Hall–Kier alpha value is -0.940. The van der Waals surface area contributed by atoms with Gasteiger partial charge < -0.3 is 10.2 Å². The Kier molecular flexibility index (Phi) is 3.02. The molecule has 15 heavy (non-hydrogen) atoms. The SMILES string of the molecule is Cc1nc(C)c(C(=O)N2CCNCC2)s1. The van der Waals surface area contributed by atoms with Crippen LogP contribution in [0.2, 0.25) is 0 Å². The molecule has 1 fully saturated rings. The fourth-order valence-electron chi connectivity index (χ4n) is 1.74. The zero-order chi connectivity index (χ0) is 10.8. The smallest absolute Gasteiger partial charge is 0.265 e. The van der Waals surface area contributed by atoms with Crippen LogP contribution in [0.4, 0.5) is 0 Å². The number of hydrogen-bond donors (Lipinski definition) is 1. The van der Waals surface area contributed by atoms with Crippen molar-refractivity contribution in [2.45, 2.75) is 13.8 Å². The molecule has 1 amide bonds. The molecule has 1 aromatic heterocycles. The van der Waals surface area contributed by atoms with Crippen molar-refractivity contribution >= 4 is 17.2 Å². The number of rotatable bonds is 1. The second-order valence-electron chi connectivity index (χ2n) is 3.69. The quantitative estimate of drug-likeness (QED) is 0.769. The summed E-state index contributed by atoms with van der Waals surface area (Å²) in [6.45, 7) is 7.22. The van der Waals surface area contributed by atoms with Crippen molar-refractivity contribution in [1.82, 2.24) is 15.2 Å². The van der Waals surface area contributed by atoms with E-state index >= 15 is 0 Å². The van der Waals surface area contributed by atoms with E-state index in [1.165, 1.54) is 11.3 Å². The van der Waals surface area contributed by atoms with E-state index in [2.05, 4.69) is 10.3 Å². The Morgan fingerprint density at radius 2 is 2.07 bits per heavy atom. The first-order chi connectivity index (χ1) is 7.18. The number of piperazine rings is 1. The molecule has 1 saturated heterocycles. The third-order valence-electron chi connectivity index (χ3n) is 2.50. The minimum Gasteiger partial charge on any atom is -0.335 e. The van der Waals surface area contributed by atoms with E-state index in [-0.39, 0.29) is 5.91 Å². The monoisotopic (exact) mass is 225 g/mol.